The molecule has 1 aliphatic carbocycles. The van der Waals surface area contributed by atoms with Crippen LogP contribution < -0.4 is 10.6 Å². The van der Waals surface area contributed by atoms with Crippen LogP contribution in [-0.4, -0.2) is 53.0 Å². The van der Waals surface area contributed by atoms with E-state index in [0.717, 1.165) is 70.5 Å². The Balaban J connectivity index is 1.35. The third kappa shape index (κ3) is 3.78. The molecule has 0 atom stereocenters. The van der Waals surface area contributed by atoms with Crippen LogP contribution in [0.25, 0.3) is 0 Å². The summed E-state index contributed by atoms with van der Waals surface area (Å²) in [5.41, 5.74) is 2.45. The van der Waals surface area contributed by atoms with Crippen LogP contribution in [0.4, 0.5) is 5.82 Å². The summed E-state index contributed by atoms with van der Waals surface area (Å²) in [5, 5.41) is 7.08. The number of carbonyl (C=O) groups excluding carboxylic acids is 1. The van der Waals surface area contributed by atoms with Crippen molar-refractivity contribution in [2.24, 2.45) is 5.92 Å². The Labute approximate surface area is 149 Å². The second kappa shape index (κ2) is 7.68. The molecule has 0 bridgehead atoms. The molecule has 1 saturated heterocycles. The summed E-state index contributed by atoms with van der Waals surface area (Å²) in [6, 6.07) is 0.405. The predicted octanol–water partition coefficient (Wildman–Crippen LogP) is 1.76. The average Bonchev–Trinajstić information content (AvgIpc) is 3.07. The zero-order valence-corrected chi connectivity index (χ0v) is 15.0. The van der Waals surface area contributed by atoms with Crippen LogP contribution in [0.1, 0.15) is 49.8 Å². The van der Waals surface area contributed by atoms with Crippen molar-refractivity contribution < 1.29 is 4.79 Å². The number of nitrogens with one attached hydrogen (secondary N) is 2. The van der Waals surface area contributed by atoms with E-state index in [1.54, 1.807) is 6.33 Å². The van der Waals surface area contributed by atoms with Crippen molar-refractivity contribution >= 4 is 11.7 Å². The number of rotatable bonds is 3. The molecule has 0 aromatic carbocycles. The molecule has 6 nitrogen and oxygen atoms in total. The maximum absolute atomic E-state index is 12.6. The third-order valence-electron chi connectivity index (χ3n) is 5.98. The number of fused-ring (bicyclic) bond motifs is 1. The first-order chi connectivity index (χ1) is 12.3. The molecule has 2 N–H and O–H groups in total. The summed E-state index contributed by atoms with van der Waals surface area (Å²) in [4.78, 5) is 23.7. The highest BCUT2D eigenvalue weighted by atomic mass is 16.2. The lowest BCUT2D eigenvalue weighted by Gasteiger charge is -2.34. The van der Waals surface area contributed by atoms with Gasteiger partial charge in [-0.1, -0.05) is 12.8 Å². The fourth-order valence-corrected chi connectivity index (χ4v) is 4.47. The highest BCUT2D eigenvalue weighted by Crippen LogP contribution is 2.28. The average molecular weight is 343 g/mol. The van der Waals surface area contributed by atoms with E-state index in [9.17, 15) is 4.79 Å². The van der Waals surface area contributed by atoms with Gasteiger partial charge in [0.2, 0.25) is 5.91 Å². The lowest BCUT2D eigenvalue weighted by atomic mass is 10.0. The summed E-state index contributed by atoms with van der Waals surface area (Å²) in [6.45, 7) is 3.73. The number of nitrogens with zero attached hydrogens (tertiary/aromatic N) is 3. The van der Waals surface area contributed by atoms with Gasteiger partial charge in [0.15, 0.2) is 0 Å². The Morgan fingerprint density at radius 3 is 2.64 bits per heavy atom. The number of amides is 1. The monoisotopic (exact) mass is 343 g/mol. The van der Waals surface area contributed by atoms with Crippen LogP contribution >= 0.6 is 0 Å². The summed E-state index contributed by atoms with van der Waals surface area (Å²) in [7, 11) is 0. The Bertz CT molecular complexity index is 606. The van der Waals surface area contributed by atoms with Gasteiger partial charge in [-0.15, -0.1) is 0 Å². The van der Waals surface area contributed by atoms with E-state index in [1.807, 2.05) is 0 Å². The maximum atomic E-state index is 12.6. The summed E-state index contributed by atoms with van der Waals surface area (Å²) < 4.78 is 0. The van der Waals surface area contributed by atoms with Crippen molar-refractivity contribution in [2.45, 2.75) is 57.4 Å². The van der Waals surface area contributed by atoms with Crippen LogP contribution in [0.15, 0.2) is 6.33 Å². The molecule has 1 aromatic heterocycles. The van der Waals surface area contributed by atoms with Gasteiger partial charge >= 0.3 is 0 Å². The maximum Gasteiger partial charge on any atom is 0.225 e. The number of carbonyl (C=O) groups is 1. The quantitative estimate of drug-likeness (QED) is 0.875. The van der Waals surface area contributed by atoms with E-state index in [1.165, 1.54) is 24.1 Å². The molecule has 2 aliphatic heterocycles. The normalized spacial score (nSPS) is 22.5. The topological polar surface area (TPSA) is 70.2 Å². The van der Waals surface area contributed by atoms with Crippen molar-refractivity contribution in [3.8, 4) is 0 Å². The number of hydrogen-bond acceptors (Lipinski definition) is 5. The van der Waals surface area contributed by atoms with Crippen LogP contribution in [0.5, 0.6) is 0 Å². The molecular weight excluding hydrogens is 314 g/mol. The van der Waals surface area contributed by atoms with Gasteiger partial charge in [0.1, 0.15) is 12.1 Å². The summed E-state index contributed by atoms with van der Waals surface area (Å²) in [5.74, 6) is 1.71. The van der Waals surface area contributed by atoms with Crippen molar-refractivity contribution in [3.05, 3.63) is 17.6 Å². The number of likely N-dealkylation sites (tertiary alicyclic amines) is 1. The standard InChI is InChI=1S/C19H29N5O/c25-19(14-3-1-2-4-14)24-11-7-15(8-12-24)23-18-16-5-9-20-10-6-17(16)21-13-22-18/h13-15,20H,1-12H2,(H,21,22,23). The first-order valence-electron chi connectivity index (χ1n) is 9.90. The first kappa shape index (κ1) is 16.8. The van der Waals surface area contributed by atoms with Gasteiger partial charge in [-0.3, -0.25) is 4.79 Å². The molecule has 6 heteroatoms. The molecule has 3 aliphatic rings. The van der Waals surface area contributed by atoms with Gasteiger partial charge in [0.05, 0.1) is 5.69 Å². The minimum Gasteiger partial charge on any atom is -0.367 e. The molecule has 25 heavy (non-hydrogen) atoms. The van der Waals surface area contributed by atoms with Crippen LogP contribution in [0, 0.1) is 5.92 Å². The molecule has 1 amide bonds. The molecule has 136 valence electrons. The number of piperidine rings is 1. The molecule has 0 spiro atoms. The van der Waals surface area contributed by atoms with Crippen LogP contribution in [0.2, 0.25) is 0 Å². The van der Waals surface area contributed by atoms with Gasteiger partial charge in [-0.05, 0) is 38.6 Å². The van der Waals surface area contributed by atoms with E-state index < -0.39 is 0 Å². The van der Waals surface area contributed by atoms with Crippen molar-refractivity contribution in [3.63, 3.8) is 0 Å². The predicted molar refractivity (Wildman–Crippen MR) is 97.5 cm³/mol. The van der Waals surface area contributed by atoms with Gasteiger partial charge in [0, 0.05) is 43.6 Å². The SMILES string of the molecule is O=C(C1CCCC1)N1CCC(Nc2ncnc3c2CCNCC3)CC1. The highest BCUT2D eigenvalue weighted by molar-refractivity contribution is 5.79. The Morgan fingerprint density at radius 2 is 1.84 bits per heavy atom. The molecule has 3 heterocycles. The molecule has 1 aromatic rings. The van der Waals surface area contributed by atoms with E-state index in [4.69, 9.17) is 0 Å². The molecular formula is C19H29N5O. The summed E-state index contributed by atoms with van der Waals surface area (Å²) in [6.07, 6.45) is 10.3. The minimum atomic E-state index is 0.301. The Kier molecular flexibility index (Phi) is 5.15. The fourth-order valence-electron chi connectivity index (χ4n) is 4.47. The van der Waals surface area contributed by atoms with Crippen molar-refractivity contribution in [1.82, 2.24) is 20.2 Å². The van der Waals surface area contributed by atoms with Crippen molar-refractivity contribution in [2.75, 3.05) is 31.5 Å². The largest absolute Gasteiger partial charge is 0.367 e. The highest BCUT2D eigenvalue weighted by Gasteiger charge is 2.30. The van der Waals surface area contributed by atoms with Crippen LogP contribution in [0.3, 0.4) is 0 Å². The van der Waals surface area contributed by atoms with E-state index >= 15 is 0 Å². The number of hydrogen-bond donors (Lipinski definition) is 2. The number of aromatic nitrogens is 2. The first-order valence-corrected chi connectivity index (χ1v) is 9.90. The number of anilines is 1. The lowest BCUT2D eigenvalue weighted by molar-refractivity contribution is -0.136. The van der Waals surface area contributed by atoms with Gasteiger partial charge < -0.3 is 15.5 Å². The fraction of sp³-hybridized carbons (Fsp3) is 0.737. The third-order valence-corrected chi connectivity index (χ3v) is 5.98. The zero-order valence-electron chi connectivity index (χ0n) is 15.0. The smallest absolute Gasteiger partial charge is 0.225 e. The van der Waals surface area contributed by atoms with Crippen molar-refractivity contribution in [1.29, 1.82) is 0 Å². The van der Waals surface area contributed by atoms with E-state index in [2.05, 4.69) is 25.5 Å². The Hall–Kier alpha value is -1.69. The molecule has 1 saturated carbocycles. The molecule has 0 radical (unpaired) electrons. The van der Waals surface area contributed by atoms with Gasteiger partial charge in [-0.2, -0.15) is 0 Å². The lowest BCUT2D eigenvalue weighted by Crippen LogP contribution is -2.44. The van der Waals surface area contributed by atoms with E-state index in [0.29, 0.717) is 17.9 Å². The second-order valence-corrected chi connectivity index (χ2v) is 7.62. The van der Waals surface area contributed by atoms with E-state index in [-0.39, 0.29) is 0 Å². The molecule has 2 fully saturated rings. The van der Waals surface area contributed by atoms with Crippen LogP contribution in [-0.2, 0) is 17.6 Å². The Morgan fingerprint density at radius 1 is 1.08 bits per heavy atom. The zero-order chi connectivity index (χ0) is 17.1. The minimum absolute atomic E-state index is 0.301. The van der Waals surface area contributed by atoms with Gasteiger partial charge in [-0.25, -0.2) is 9.97 Å². The molecule has 0 unspecified atom stereocenters. The second-order valence-electron chi connectivity index (χ2n) is 7.62. The summed E-state index contributed by atoms with van der Waals surface area (Å²) >= 11 is 0. The molecule has 4 rings (SSSR count). The van der Waals surface area contributed by atoms with Gasteiger partial charge in [0.25, 0.3) is 0 Å².